The number of Topliss-reactive ketones (excluding diaryl/α,β-unsaturated/α-hetero) is 1. The topological polar surface area (TPSA) is 89.5 Å². The Labute approximate surface area is 221 Å². The number of aromatic nitrogens is 1. The normalized spacial score (nSPS) is 14.9. The van der Waals surface area contributed by atoms with Gasteiger partial charge in [0.1, 0.15) is 11.9 Å². The average molecular weight is 536 g/mol. The zero-order chi connectivity index (χ0) is 25.8. The van der Waals surface area contributed by atoms with Gasteiger partial charge in [0.25, 0.3) is 0 Å². The number of thiocarbonyl (C=S) groups is 1. The molecule has 0 bridgehead atoms. The van der Waals surface area contributed by atoms with E-state index < -0.39 is 11.9 Å². The number of nitrogens with one attached hydrogen (secondary N) is 2. The van der Waals surface area contributed by atoms with Gasteiger partial charge < -0.3 is 20.1 Å². The van der Waals surface area contributed by atoms with Gasteiger partial charge in [-0.05, 0) is 48.8 Å². The summed E-state index contributed by atoms with van der Waals surface area (Å²) < 4.78 is 26.9. The monoisotopic (exact) mass is 535 g/mol. The molecule has 4 aromatic rings. The van der Waals surface area contributed by atoms with E-state index in [1.807, 2.05) is 30.3 Å². The second kappa shape index (κ2) is 11.1. The third-order valence-corrected chi connectivity index (χ3v) is 7.07. The summed E-state index contributed by atoms with van der Waals surface area (Å²) in [7, 11) is 0. The molecular weight excluding hydrogens is 513 g/mol. The lowest BCUT2D eigenvalue weighted by Gasteiger charge is -2.12. The summed E-state index contributed by atoms with van der Waals surface area (Å²) in [5.41, 5.74) is 1.81. The number of fused-ring (bicyclic) bond motifs is 1. The predicted octanol–water partition coefficient (Wildman–Crippen LogP) is 5.65. The van der Waals surface area contributed by atoms with E-state index in [2.05, 4.69) is 15.6 Å². The molecule has 2 aromatic carbocycles. The van der Waals surface area contributed by atoms with Gasteiger partial charge in [0, 0.05) is 30.6 Å². The number of carbonyl (C=O) groups is 2. The molecular formula is C27H22FN3O4S2. The Morgan fingerprint density at radius 3 is 2.73 bits per heavy atom. The van der Waals surface area contributed by atoms with Crippen LogP contribution in [0.5, 0.6) is 11.5 Å². The van der Waals surface area contributed by atoms with E-state index in [4.69, 9.17) is 21.7 Å². The van der Waals surface area contributed by atoms with Crippen LogP contribution in [0.3, 0.4) is 0 Å². The molecule has 1 amide bonds. The third kappa shape index (κ3) is 5.99. The van der Waals surface area contributed by atoms with Crippen LogP contribution in [0, 0.1) is 5.82 Å². The minimum absolute atomic E-state index is 0.00233. The molecule has 10 heteroatoms. The average Bonchev–Trinajstić information content (AvgIpc) is 3.57. The Bertz CT molecular complexity index is 1470. The molecule has 7 nitrogen and oxygen atoms in total. The summed E-state index contributed by atoms with van der Waals surface area (Å²) in [5, 5.41) is 5.46. The van der Waals surface area contributed by atoms with Crippen molar-refractivity contribution < 1.29 is 23.5 Å². The Hall–Kier alpha value is -3.73. The first-order chi connectivity index (χ1) is 18.0. The van der Waals surface area contributed by atoms with Crippen LogP contribution in [0.15, 0.2) is 66.9 Å². The summed E-state index contributed by atoms with van der Waals surface area (Å²) in [4.78, 5) is 29.8. The quantitative estimate of drug-likeness (QED) is 0.234. The number of amides is 1. The van der Waals surface area contributed by atoms with Gasteiger partial charge in [-0.25, -0.2) is 4.39 Å². The maximum Gasteiger partial charge on any atom is 0.230 e. The smallest absolute Gasteiger partial charge is 0.230 e. The molecule has 0 saturated carbocycles. The van der Waals surface area contributed by atoms with Crippen LogP contribution >= 0.6 is 23.6 Å². The lowest BCUT2D eigenvalue weighted by Crippen LogP contribution is -2.35. The number of ketones is 1. The molecule has 1 aliphatic rings. The first kappa shape index (κ1) is 24.9. The number of benzene rings is 2. The number of ether oxygens (including phenoxy) is 2. The van der Waals surface area contributed by atoms with Crippen molar-refractivity contribution in [2.24, 2.45) is 0 Å². The molecule has 5 rings (SSSR count). The first-order valence-electron chi connectivity index (χ1n) is 11.6. The van der Waals surface area contributed by atoms with Gasteiger partial charge in [0.05, 0.1) is 21.5 Å². The number of anilines is 1. The van der Waals surface area contributed by atoms with Crippen molar-refractivity contribution in [1.29, 1.82) is 0 Å². The van der Waals surface area contributed by atoms with Gasteiger partial charge in [-0.2, -0.15) is 0 Å². The summed E-state index contributed by atoms with van der Waals surface area (Å²) in [6, 6.07) is 16.9. The van der Waals surface area contributed by atoms with E-state index in [1.54, 1.807) is 24.4 Å². The molecule has 0 aliphatic carbocycles. The molecule has 0 radical (unpaired) electrons. The van der Waals surface area contributed by atoms with Crippen molar-refractivity contribution in [1.82, 2.24) is 10.3 Å². The Balaban J connectivity index is 1.25. The summed E-state index contributed by atoms with van der Waals surface area (Å²) in [6.07, 6.45) is 2.87. The van der Waals surface area contributed by atoms with E-state index >= 15 is 0 Å². The van der Waals surface area contributed by atoms with Gasteiger partial charge in [-0.1, -0.05) is 30.3 Å². The highest BCUT2D eigenvalue weighted by molar-refractivity contribution is 7.80. The standard InChI is InChI=1S/C27H22FN3O4S2/c28-18-14-17(30-27(36)31-24(32)13-16-5-2-1-3-6-16)8-9-20(18)35-22-10-11-29-19-15-23(37-26(19)22)25(33)21-7-4-12-34-21/h1-3,5-6,8-11,14-15,21H,4,7,12-13H2,(H2,30,31,32,36). The zero-order valence-electron chi connectivity index (χ0n) is 19.5. The van der Waals surface area contributed by atoms with Crippen LogP contribution in [0.2, 0.25) is 0 Å². The van der Waals surface area contributed by atoms with Crippen LogP contribution in [0.25, 0.3) is 10.2 Å². The van der Waals surface area contributed by atoms with Crippen molar-refractivity contribution in [2.45, 2.75) is 25.4 Å². The molecule has 2 aromatic heterocycles. The first-order valence-corrected chi connectivity index (χ1v) is 12.9. The SMILES string of the molecule is O=C(Cc1ccccc1)NC(=S)Nc1ccc(Oc2ccnc3cc(C(=O)C4CCCO4)sc23)c(F)c1. The number of nitrogens with zero attached hydrogens (tertiary/aromatic N) is 1. The Morgan fingerprint density at radius 2 is 1.97 bits per heavy atom. The number of hydrogen-bond donors (Lipinski definition) is 2. The molecule has 1 unspecified atom stereocenters. The maximum atomic E-state index is 14.9. The fraction of sp³-hybridized carbons (Fsp3) is 0.185. The molecule has 0 spiro atoms. The van der Waals surface area contributed by atoms with Crippen LogP contribution in [0.4, 0.5) is 10.1 Å². The highest BCUT2D eigenvalue weighted by atomic mass is 32.1. The molecule has 1 saturated heterocycles. The summed E-state index contributed by atoms with van der Waals surface area (Å²) in [6.45, 7) is 0.586. The number of thiophene rings is 1. The maximum absolute atomic E-state index is 14.9. The fourth-order valence-electron chi connectivity index (χ4n) is 3.95. The van der Waals surface area contributed by atoms with Crippen molar-refractivity contribution >= 4 is 56.3 Å². The van der Waals surface area contributed by atoms with Crippen molar-refractivity contribution in [3.63, 3.8) is 0 Å². The van der Waals surface area contributed by atoms with Crippen molar-refractivity contribution in [2.75, 3.05) is 11.9 Å². The van der Waals surface area contributed by atoms with Crippen LogP contribution in [-0.2, 0) is 16.0 Å². The largest absolute Gasteiger partial charge is 0.453 e. The van der Waals surface area contributed by atoms with Gasteiger partial charge >= 0.3 is 0 Å². The number of hydrogen-bond acceptors (Lipinski definition) is 7. The molecule has 3 heterocycles. The Morgan fingerprint density at radius 1 is 1.14 bits per heavy atom. The molecule has 2 N–H and O–H groups in total. The zero-order valence-corrected chi connectivity index (χ0v) is 21.2. The lowest BCUT2D eigenvalue weighted by atomic mass is 10.1. The van der Waals surface area contributed by atoms with Crippen molar-refractivity contribution in [3.05, 3.63) is 83.1 Å². The molecule has 188 valence electrons. The van der Waals surface area contributed by atoms with Gasteiger partial charge in [0.2, 0.25) is 11.7 Å². The highest BCUT2D eigenvalue weighted by Gasteiger charge is 2.27. The minimum Gasteiger partial charge on any atom is -0.453 e. The van der Waals surface area contributed by atoms with Crippen LogP contribution < -0.4 is 15.4 Å². The van der Waals surface area contributed by atoms with Gasteiger partial charge in [-0.3, -0.25) is 14.6 Å². The van der Waals surface area contributed by atoms with Gasteiger partial charge in [-0.15, -0.1) is 11.3 Å². The second-order valence-corrected chi connectivity index (χ2v) is 9.87. The third-order valence-electron chi connectivity index (χ3n) is 5.71. The van der Waals surface area contributed by atoms with E-state index in [-0.39, 0.29) is 29.0 Å². The molecule has 1 atom stereocenters. The lowest BCUT2D eigenvalue weighted by molar-refractivity contribution is -0.119. The van der Waals surface area contributed by atoms with E-state index in [0.29, 0.717) is 39.6 Å². The van der Waals surface area contributed by atoms with E-state index in [9.17, 15) is 14.0 Å². The van der Waals surface area contributed by atoms with Crippen LogP contribution in [-0.4, -0.2) is 34.5 Å². The number of pyridine rings is 1. The van der Waals surface area contributed by atoms with Crippen molar-refractivity contribution in [3.8, 4) is 11.5 Å². The summed E-state index contributed by atoms with van der Waals surface area (Å²) in [5.74, 6) is -0.582. The van der Waals surface area contributed by atoms with E-state index in [1.165, 1.54) is 23.5 Å². The highest BCUT2D eigenvalue weighted by Crippen LogP contribution is 2.37. The molecule has 1 fully saturated rings. The summed E-state index contributed by atoms with van der Waals surface area (Å²) >= 11 is 6.44. The molecule has 37 heavy (non-hydrogen) atoms. The fourth-order valence-corrected chi connectivity index (χ4v) is 5.23. The Kier molecular flexibility index (Phi) is 7.50. The van der Waals surface area contributed by atoms with E-state index in [0.717, 1.165) is 12.0 Å². The predicted molar refractivity (Wildman–Crippen MR) is 144 cm³/mol. The van der Waals surface area contributed by atoms with Gasteiger partial charge in [0.15, 0.2) is 16.7 Å². The van der Waals surface area contributed by atoms with Crippen LogP contribution in [0.1, 0.15) is 28.1 Å². The number of halogens is 1. The molecule has 1 aliphatic heterocycles. The second-order valence-electron chi connectivity index (χ2n) is 8.41. The minimum atomic E-state index is -0.624. The number of carbonyl (C=O) groups excluding carboxylic acids is 2. The number of rotatable bonds is 7.